The minimum absolute atomic E-state index is 0.137. The summed E-state index contributed by atoms with van der Waals surface area (Å²) in [6.07, 6.45) is 1.35. The molecule has 0 unspecified atom stereocenters. The molecule has 0 saturated heterocycles. The molecule has 138 valence electrons. The molecule has 6 heteroatoms. The van der Waals surface area contributed by atoms with Crippen LogP contribution in [0.5, 0.6) is 5.75 Å². The zero-order valence-electron chi connectivity index (χ0n) is 14.9. The monoisotopic (exact) mass is 418 g/mol. The molecule has 26 heavy (non-hydrogen) atoms. The van der Waals surface area contributed by atoms with Gasteiger partial charge in [0, 0.05) is 16.6 Å². The average molecular weight is 419 g/mol. The van der Waals surface area contributed by atoms with Gasteiger partial charge in [0.1, 0.15) is 12.4 Å². The minimum atomic E-state index is -0.366. The quantitative estimate of drug-likeness (QED) is 0.717. The average Bonchev–Trinajstić information content (AvgIpc) is 2.60. The maximum absolute atomic E-state index is 11.9. The van der Waals surface area contributed by atoms with Crippen LogP contribution in [0, 0.1) is 6.92 Å². The number of methoxy groups -OCH3 is 1. The summed E-state index contributed by atoms with van der Waals surface area (Å²) in [6.45, 7) is 2.33. The largest absolute Gasteiger partial charge is 0.495 e. The van der Waals surface area contributed by atoms with Crippen LogP contribution in [0.1, 0.15) is 24.0 Å². The van der Waals surface area contributed by atoms with Crippen LogP contribution in [0.2, 0.25) is 0 Å². The van der Waals surface area contributed by atoms with E-state index in [4.69, 9.17) is 9.47 Å². The summed E-state index contributed by atoms with van der Waals surface area (Å²) in [5.41, 5.74) is 3.11. The van der Waals surface area contributed by atoms with Crippen LogP contribution in [-0.2, 0) is 11.3 Å². The first-order chi connectivity index (χ1) is 12.5. The van der Waals surface area contributed by atoms with Crippen LogP contribution in [-0.4, -0.2) is 25.3 Å². The molecule has 1 aliphatic rings. The van der Waals surface area contributed by atoms with Gasteiger partial charge in [-0.25, -0.2) is 4.79 Å². The number of amides is 1. The molecule has 2 aromatic rings. The molecule has 5 nitrogen and oxygen atoms in total. The zero-order chi connectivity index (χ0) is 18.5. The normalized spacial score (nSPS) is 18.6. The second kappa shape index (κ2) is 8.45. The van der Waals surface area contributed by atoms with Gasteiger partial charge in [-0.05, 0) is 43.0 Å². The Kier molecular flexibility index (Phi) is 6.04. The molecule has 1 saturated carbocycles. The fourth-order valence-corrected chi connectivity index (χ4v) is 3.60. The van der Waals surface area contributed by atoms with Crippen molar-refractivity contribution in [2.24, 2.45) is 0 Å². The van der Waals surface area contributed by atoms with Crippen molar-refractivity contribution in [3.8, 4) is 5.75 Å². The molecule has 0 atom stereocenters. The van der Waals surface area contributed by atoms with Gasteiger partial charge in [-0.1, -0.05) is 46.3 Å². The summed E-state index contributed by atoms with van der Waals surface area (Å²) < 4.78 is 11.7. The van der Waals surface area contributed by atoms with Crippen LogP contribution in [0.25, 0.3) is 0 Å². The number of rotatable bonds is 6. The lowest BCUT2D eigenvalue weighted by molar-refractivity contribution is 0.129. The highest BCUT2D eigenvalue weighted by Crippen LogP contribution is 2.35. The Morgan fingerprint density at radius 2 is 1.92 bits per heavy atom. The second-order valence-corrected chi connectivity index (χ2v) is 7.43. The third-order valence-corrected chi connectivity index (χ3v) is 4.96. The van der Waals surface area contributed by atoms with Crippen molar-refractivity contribution in [2.75, 3.05) is 12.4 Å². The van der Waals surface area contributed by atoms with E-state index in [1.807, 2.05) is 43.3 Å². The number of halogens is 1. The van der Waals surface area contributed by atoms with E-state index >= 15 is 0 Å². The third-order valence-electron chi connectivity index (χ3n) is 4.51. The molecule has 1 aliphatic carbocycles. The lowest BCUT2D eigenvalue weighted by atomic mass is 9.86. The highest BCUT2D eigenvalue weighted by atomic mass is 79.9. The number of hydrogen-bond acceptors (Lipinski definition) is 4. The van der Waals surface area contributed by atoms with Gasteiger partial charge in [0.05, 0.1) is 12.8 Å². The Balaban J connectivity index is 1.44. The molecule has 0 heterocycles. The van der Waals surface area contributed by atoms with Crippen molar-refractivity contribution in [1.29, 1.82) is 0 Å². The molecular formula is C20H23BrN2O3. The number of alkyl carbamates (subject to hydrolysis) is 1. The summed E-state index contributed by atoms with van der Waals surface area (Å²) in [5.74, 6) is 0.815. The van der Waals surface area contributed by atoms with E-state index in [0.717, 1.165) is 39.9 Å². The van der Waals surface area contributed by atoms with Crippen molar-refractivity contribution in [1.82, 2.24) is 5.32 Å². The number of benzene rings is 2. The van der Waals surface area contributed by atoms with E-state index in [2.05, 4.69) is 32.6 Å². The van der Waals surface area contributed by atoms with Gasteiger partial charge in [-0.2, -0.15) is 0 Å². The van der Waals surface area contributed by atoms with E-state index in [1.54, 1.807) is 7.11 Å². The maximum atomic E-state index is 11.9. The van der Waals surface area contributed by atoms with Gasteiger partial charge in [0.15, 0.2) is 0 Å². The molecule has 0 aliphatic heterocycles. The van der Waals surface area contributed by atoms with Crippen molar-refractivity contribution >= 4 is 27.7 Å². The molecule has 3 rings (SSSR count). The number of nitrogens with one attached hydrogen (secondary N) is 2. The summed E-state index contributed by atoms with van der Waals surface area (Å²) in [6, 6.07) is 14.1. The van der Waals surface area contributed by atoms with Gasteiger partial charge in [-0.15, -0.1) is 0 Å². The number of hydrogen-bond donors (Lipinski definition) is 2. The van der Waals surface area contributed by atoms with Gasteiger partial charge >= 0.3 is 6.09 Å². The van der Waals surface area contributed by atoms with Crippen LogP contribution in [0.3, 0.4) is 0 Å². The fourth-order valence-electron chi connectivity index (χ4n) is 3.05. The SMILES string of the molecule is COc1cc(Br)cc(C)c1NC1CC(NC(=O)OCc2ccccc2)C1. The van der Waals surface area contributed by atoms with Crippen LogP contribution in [0.15, 0.2) is 46.9 Å². The Hall–Kier alpha value is -2.21. The van der Waals surface area contributed by atoms with Crippen molar-refractivity contribution in [2.45, 2.75) is 38.5 Å². The first-order valence-electron chi connectivity index (χ1n) is 8.63. The lowest BCUT2D eigenvalue weighted by Crippen LogP contribution is -2.49. The van der Waals surface area contributed by atoms with E-state index in [0.29, 0.717) is 6.04 Å². The van der Waals surface area contributed by atoms with Gasteiger partial charge in [0.25, 0.3) is 0 Å². The number of ether oxygens (including phenoxy) is 2. The number of carbonyl (C=O) groups is 1. The first kappa shape index (κ1) is 18.6. The van der Waals surface area contributed by atoms with Gasteiger partial charge in [-0.3, -0.25) is 0 Å². The van der Waals surface area contributed by atoms with E-state index < -0.39 is 0 Å². The predicted octanol–water partition coefficient (Wildman–Crippen LogP) is 4.64. The van der Waals surface area contributed by atoms with Crippen LogP contribution in [0.4, 0.5) is 10.5 Å². The Labute approximate surface area is 162 Å². The number of carbonyl (C=O) groups excluding carboxylic acids is 1. The summed E-state index contributed by atoms with van der Waals surface area (Å²) >= 11 is 3.48. The van der Waals surface area contributed by atoms with Crippen molar-refractivity contribution < 1.29 is 14.3 Å². The summed E-state index contributed by atoms with van der Waals surface area (Å²) in [7, 11) is 1.67. The zero-order valence-corrected chi connectivity index (χ0v) is 16.5. The molecular weight excluding hydrogens is 396 g/mol. The van der Waals surface area contributed by atoms with Gasteiger partial charge < -0.3 is 20.1 Å². The lowest BCUT2D eigenvalue weighted by Gasteiger charge is -2.37. The molecule has 2 aromatic carbocycles. The fraction of sp³-hybridized carbons (Fsp3) is 0.350. The van der Waals surface area contributed by atoms with E-state index in [-0.39, 0.29) is 18.7 Å². The Morgan fingerprint density at radius 1 is 1.19 bits per heavy atom. The maximum Gasteiger partial charge on any atom is 0.407 e. The molecule has 2 N–H and O–H groups in total. The van der Waals surface area contributed by atoms with Crippen molar-refractivity contribution in [3.05, 3.63) is 58.1 Å². The van der Waals surface area contributed by atoms with Crippen molar-refractivity contribution in [3.63, 3.8) is 0 Å². The molecule has 0 radical (unpaired) electrons. The second-order valence-electron chi connectivity index (χ2n) is 6.52. The highest BCUT2D eigenvalue weighted by Gasteiger charge is 2.31. The molecule has 0 spiro atoms. The molecule has 0 bridgehead atoms. The molecule has 1 amide bonds. The van der Waals surface area contributed by atoms with Gasteiger partial charge in [0.2, 0.25) is 0 Å². The summed E-state index contributed by atoms with van der Waals surface area (Å²) in [4.78, 5) is 11.9. The third kappa shape index (κ3) is 4.69. The van der Waals surface area contributed by atoms with Crippen LogP contribution < -0.4 is 15.4 Å². The number of anilines is 1. The Morgan fingerprint density at radius 3 is 2.62 bits per heavy atom. The first-order valence-corrected chi connectivity index (χ1v) is 9.42. The highest BCUT2D eigenvalue weighted by molar-refractivity contribution is 9.10. The Bertz CT molecular complexity index is 761. The standard InChI is InChI=1S/C20H23BrN2O3/c1-13-8-15(21)9-18(25-2)19(13)22-16-10-17(11-16)23-20(24)26-12-14-6-4-3-5-7-14/h3-9,16-17,22H,10-12H2,1-2H3,(H,23,24). The predicted molar refractivity (Wildman–Crippen MR) is 106 cm³/mol. The molecule has 0 aromatic heterocycles. The smallest absolute Gasteiger partial charge is 0.407 e. The topological polar surface area (TPSA) is 59.6 Å². The number of aryl methyl sites for hydroxylation is 1. The van der Waals surface area contributed by atoms with E-state index in [9.17, 15) is 4.79 Å². The van der Waals surface area contributed by atoms with Crippen LogP contribution >= 0.6 is 15.9 Å². The minimum Gasteiger partial charge on any atom is -0.495 e. The van der Waals surface area contributed by atoms with E-state index in [1.165, 1.54) is 0 Å². The summed E-state index contributed by atoms with van der Waals surface area (Å²) in [5, 5.41) is 6.43. The molecule has 1 fully saturated rings.